The minimum absolute atomic E-state index is 0.000623. The minimum Gasteiger partial charge on any atom is -0.495 e. The monoisotopic (exact) mass is 286 g/mol. The van der Waals surface area contributed by atoms with E-state index < -0.39 is 0 Å². The van der Waals surface area contributed by atoms with Gasteiger partial charge >= 0.3 is 5.97 Å². The van der Waals surface area contributed by atoms with Gasteiger partial charge in [0.25, 0.3) is 0 Å². The summed E-state index contributed by atoms with van der Waals surface area (Å²) >= 11 is 0. The highest BCUT2D eigenvalue weighted by Gasteiger charge is 2.30. The number of hydrogen-bond donors (Lipinski definition) is 0. The first kappa shape index (κ1) is 15.4. The molecule has 2 unspecified atom stereocenters. The summed E-state index contributed by atoms with van der Waals surface area (Å²) in [5.41, 5.74) is 0.993. The van der Waals surface area contributed by atoms with E-state index in [1.807, 2.05) is 69.3 Å². The lowest BCUT2D eigenvalue weighted by atomic mass is 9.88. The SMILES string of the molecule is CC(C)OC1=CC=CC(C(=O)OCc2ccccc2)C1C. The zero-order valence-corrected chi connectivity index (χ0v) is 12.8. The fourth-order valence-electron chi connectivity index (χ4n) is 2.29. The van der Waals surface area contributed by atoms with Gasteiger partial charge in [0.1, 0.15) is 12.4 Å². The van der Waals surface area contributed by atoms with Gasteiger partial charge in [0.05, 0.1) is 12.0 Å². The van der Waals surface area contributed by atoms with Gasteiger partial charge in [-0.05, 0) is 25.5 Å². The Kier molecular flexibility index (Phi) is 5.20. The molecule has 1 aliphatic carbocycles. The molecule has 0 aliphatic heterocycles. The smallest absolute Gasteiger partial charge is 0.313 e. The number of allylic oxidation sites excluding steroid dienone is 3. The Bertz CT molecular complexity index is 529. The molecule has 0 spiro atoms. The molecule has 0 radical (unpaired) electrons. The zero-order valence-electron chi connectivity index (χ0n) is 12.8. The van der Waals surface area contributed by atoms with E-state index in [0.29, 0.717) is 6.61 Å². The third-order valence-electron chi connectivity index (χ3n) is 3.43. The van der Waals surface area contributed by atoms with Crippen LogP contribution in [0.1, 0.15) is 26.3 Å². The molecular formula is C18H22O3. The molecule has 2 atom stereocenters. The molecule has 2 rings (SSSR count). The Balaban J connectivity index is 1.94. The summed E-state index contributed by atoms with van der Waals surface area (Å²) in [5, 5.41) is 0. The van der Waals surface area contributed by atoms with Crippen molar-refractivity contribution in [3.63, 3.8) is 0 Å². The molecule has 0 saturated carbocycles. The molecule has 3 heteroatoms. The minimum atomic E-state index is -0.285. The number of benzene rings is 1. The lowest BCUT2D eigenvalue weighted by Gasteiger charge is -2.26. The summed E-state index contributed by atoms with van der Waals surface area (Å²) in [7, 11) is 0. The number of hydrogen-bond acceptors (Lipinski definition) is 3. The maximum absolute atomic E-state index is 12.3. The van der Waals surface area contributed by atoms with Crippen LogP contribution in [0.2, 0.25) is 0 Å². The first-order valence-corrected chi connectivity index (χ1v) is 7.33. The molecular weight excluding hydrogens is 264 g/mol. The van der Waals surface area contributed by atoms with Gasteiger partial charge in [-0.1, -0.05) is 49.4 Å². The molecule has 0 bridgehead atoms. The molecule has 112 valence electrons. The molecule has 0 fully saturated rings. The van der Waals surface area contributed by atoms with Crippen molar-refractivity contribution in [2.24, 2.45) is 11.8 Å². The van der Waals surface area contributed by atoms with Crippen molar-refractivity contribution >= 4 is 5.97 Å². The zero-order chi connectivity index (χ0) is 15.2. The van der Waals surface area contributed by atoms with Gasteiger partial charge in [0.15, 0.2) is 0 Å². The number of rotatable bonds is 5. The Morgan fingerprint density at radius 2 is 1.95 bits per heavy atom. The Morgan fingerprint density at radius 3 is 2.62 bits per heavy atom. The average molecular weight is 286 g/mol. The highest BCUT2D eigenvalue weighted by molar-refractivity contribution is 5.75. The fourth-order valence-corrected chi connectivity index (χ4v) is 2.29. The van der Waals surface area contributed by atoms with Crippen LogP contribution in [0.4, 0.5) is 0 Å². The van der Waals surface area contributed by atoms with Crippen LogP contribution in [0, 0.1) is 11.8 Å². The molecule has 0 heterocycles. The molecule has 0 amide bonds. The lowest BCUT2D eigenvalue weighted by molar-refractivity contribution is -0.149. The van der Waals surface area contributed by atoms with Crippen LogP contribution in [0.3, 0.4) is 0 Å². The van der Waals surface area contributed by atoms with Crippen LogP contribution >= 0.6 is 0 Å². The van der Waals surface area contributed by atoms with Crippen LogP contribution < -0.4 is 0 Å². The summed E-state index contributed by atoms with van der Waals surface area (Å²) < 4.78 is 11.2. The van der Waals surface area contributed by atoms with E-state index in [0.717, 1.165) is 11.3 Å². The molecule has 1 aromatic carbocycles. The average Bonchev–Trinajstić information content (AvgIpc) is 2.47. The van der Waals surface area contributed by atoms with Crippen molar-refractivity contribution in [3.8, 4) is 0 Å². The molecule has 0 saturated heterocycles. The topological polar surface area (TPSA) is 35.5 Å². The van der Waals surface area contributed by atoms with E-state index in [1.165, 1.54) is 0 Å². The summed E-state index contributed by atoms with van der Waals surface area (Å²) in [4.78, 5) is 12.3. The first-order valence-electron chi connectivity index (χ1n) is 7.33. The van der Waals surface area contributed by atoms with E-state index in [2.05, 4.69) is 0 Å². The second-order valence-electron chi connectivity index (χ2n) is 5.53. The predicted octanol–water partition coefficient (Wildman–Crippen LogP) is 3.86. The highest BCUT2D eigenvalue weighted by Crippen LogP contribution is 2.28. The molecule has 0 aromatic heterocycles. The van der Waals surface area contributed by atoms with E-state index in [4.69, 9.17) is 9.47 Å². The Morgan fingerprint density at radius 1 is 1.24 bits per heavy atom. The summed E-state index contributed by atoms with van der Waals surface area (Å²) in [6.07, 6.45) is 5.77. The van der Waals surface area contributed by atoms with Crippen LogP contribution in [0.5, 0.6) is 0 Å². The highest BCUT2D eigenvalue weighted by atomic mass is 16.5. The van der Waals surface area contributed by atoms with E-state index in [1.54, 1.807) is 0 Å². The number of carbonyl (C=O) groups excluding carboxylic acids is 1. The lowest BCUT2D eigenvalue weighted by Crippen LogP contribution is -2.27. The quantitative estimate of drug-likeness (QED) is 0.771. The van der Waals surface area contributed by atoms with Crippen molar-refractivity contribution in [2.75, 3.05) is 0 Å². The van der Waals surface area contributed by atoms with Gasteiger partial charge in [-0.25, -0.2) is 0 Å². The fraction of sp³-hybridized carbons (Fsp3) is 0.389. The van der Waals surface area contributed by atoms with Crippen molar-refractivity contribution in [3.05, 3.63) is 59.9 Å². The second kappa shape index (κ2) is 7.11. The van der Waals surface area contributed by atoms with Gasteiger partial charge < -0.3 is 9.47 Å². The summed E-state index contributed by atoms with van der Waals surface area (Å²) in [6, 6.07) is 9.70. The van der Waals surface area contributed by atoms with Crippen LogP contribution in [0.15, 0.2) is 54.3 Å². The van der Waals surface area contributed by atoms with Gasteiger partial charge in [0, 0.05) is 5.92 Å². The molecule has 1 aromatic rings. The van der Waals surface area contributed by atoms with Crippen LogP contribution in [0.25, 0.3) is 0 Å². The largest absolute Gasteiger partial charge is 0.495 e. The normalized spacial score (nSPS) is 21.0. The van der Waals surface area contributed by atoms with Crippen molar-refractivity contribution in [1.82, 2.24) is 0 Å². The molecule has 21 heavy (non-hydrogen) atoms. The van der Waals surface area contributed by atoms with E-state index in [-0.39, 0.29) is 23.9 Å². The number of ether oxygens (including phenoxy) is 2. The maximum atomic E-state index is 12.3. The summed E-state index contributed by atoms with van der Waals surface area (Å²) in [5.74, 6) is 0.350. The Hall–Kier alpha value is -2.03. The standard InChI is InChI=1S/C18H22O3/c1-13(2)21-17-11-7-10-16(14(17)3)18(19)20-12-15-8-5-4-6-9-15/h4-11,13-14,16H,12H2,1-3H3. The number of esters is 1. The van der Waals surface area contributed by atoms with Crippen molar-refractivity contribution in [1.29, 1.82) is 0 Å². The van der Waals surface area contributed by atoms with Crippen molar-refractivity contribution < 1.29 is 14.3 Å². The first-order chi connectivity index (χ1) is 10.1. The van der Waals surface area contributed by atoms with Gasteiger partial charge in [-0.2, -0.15) is 0 Å². The predicted molar refractivity (Wildman–Crippen MR) is 82.3 cm³/mol. The third-order valence-corrected chi connectivity index (χ3v) is 3.43. The summed E-state index contributed by atoms with van der Waals surface area (Å²) in [6.45, 7) is 6.26. The number of carbonyl (C=O) groups is 1. The van der Waals surface area contributed by atoms with E-state index >= 15 is 0 Å². The molecule has 3 nitrogen and oxygen atoms in total. The third kappa shape index (κ3) is 4.22. The second-order valence-corrected chi connectivity index (χ2v) is 5.53. The van der Waals surface area contributed by atoms with Gasteiger partial charge in [0.2, 0.25) is 0 Å². The van der Waals surface area contributed by atoms with E-state index in [9.17, 15) is 4.79 Å². The van der Waals surface area contributed by atoms with Gasteiger partial charge in [-0.3, -0.25) is 4.79 Å². The molecule has 0 N–H and O–H groups in total. The maximum Gasteiger partial charge on any atom is 0.313 e. The molecule has 1 aliphatic rings. The van der Waals surface area contributed by atoms with Gasteiger partial charge in [-0.15, -0.1) is 0 Å². The Labute approximate surface area is 126 Å². The van der Waals surface area contributed by atoms with Crippen LogP contribution in [-0.2, 0) is 20.9 Å². The van der Waals surface area contributed by atoms with Crippen molar-refractivity contribution in [2.45, 2.75) is 33.5 Å². The van der Waals surface area contributed by atoms with Crippen LogP contribution in [-0.4, -0.2) is 12.1 Å².